The number of aryl methyl sites for hydroxylation is 1. The number of carbonyl (C=O) groups is 1. The van der Waals surface area contributed by atoms with Gasteiger partial charge in [0.1, 0.15) is 9.88 Å². The number of nitrogens with one attached hydrogen (secondary N) is 1. The zero-order chi connectivity index (χ0) is 12.3. The van der Waals surface area contributed by atoms with Crippen LogP contribution >= 0.6 is 11.3 Å². The molecule has 4 nitrogen and oxygen atoms in total. The molecule has 0 atom stereocenters. The lowest BCUT2D eigenvalue weighted by atomic mass is 10.1. The van der Waals surface area contributed by atoms with Gasteiger partial charge in [0, 0.05) is 12.1 Å². The van der Waals surface area contributed by atoms with Crippen molar-refractivity contribution < 1.29 is 9.90 Å². The fourth-order valence-corrected chi connectivity index (χ4v) is 2.15. The molecule has 0 fully saturated rings. The predicted molar refractivity (Wildman–Crippen MR) is 65.0 cm³/mol. The minimum absolute atomic E-state index is 0.0153. The molecule has 0 spiro atoms. The maximum Gasteiger partial charge on any atom is 0.347 e. The van der Waals surface area contributed by atoms with Gasteiger partial charge in [-0.2, -0.15) is 0 Å². The van der Waals surface area contributed by atoms with E-state index in [1.54, 1.807) is 0 Å². The van der Waals surface area contributed by atoms with E-state index in [0.29, 0.717) is 23.5 Å². The van der Waals surface area contributed by atoms with E-state index in [-0.39, 0.29) is 5.54 Å². The SMILES string of the molecule is CCc1nc(CNC(C)(C)C)sc1C(=O)O. The van der Waals surface area contributed by atoms with Gasteiger partial charge in [-0.3, -0.25) is 0 Å². The molecule has 1 heterocycles. The highest BCUT2D eigenvalue weighted by molar-refractivity contribution is 7.13. The summed E-state index contributed by atoms with van der Waals surface area (Å²) >= 11 is 1.26. The Balaban J connectivity index is 2.79. The molecule has 1 rings (SSSR count). The van der Waals surface area contributed by atoms with Crippen molar-refractivity contribution >= 4 is 17.3 Å². The quantitative estimate of drug-likeness (QED) is 0.850. The van der Waals surface area contributed by atoms with Gasteiger partial charge in [-0.25, -0.2) is 9.78 Å². The lowest BCUT2D eigenvalue weighted by Gasteiger charge is -2.19. The van der Waals surface area contributed by atoms with E-state index in [1.165, 1.54) is 11.3 Å². The smallest absolute Gasteiger partial charge is 0.347 e. The molecule has 1 aromatic heterocycles. The van der Waals surface area contributed by atoms with Crippen LogP contribution in [-0.4, -0.2) is 21.6 Å². The zero-order valence-corrected chi connectivity index (χ0v) is 10.9. The maximum absolute atomic E-state index is 10.9. The van der Waals surface area contributed by atoms with Crippen LogP contribution in [-0.2, 0) is 13.0 Å². The molecule has 5 heteroatoms. The molecule has 0 saturated carbocycles. The summed E-state index contributed by atoms with van der Waals surface area (Å²) in [7, 11) is 0. The Labute approximate surface area is 99.7 Å². The summed E-state index contributed by atoms with van der Waals surface area (Å²) in [5, 5.41) is 13.1. The van der Waals surface area contributed by atoms with Gasteiger partial charge < -0.3 is 10.4 Å². The predicted octanol–water partition coefficient (Wildman–Crippen LogP) is 2.29. The summed E-state index contributed by atoms with van der Waals surface area (Å²) < 4.78 is 0. The third-order valence-corrected chi connectivity index (χ3v) is 3.13. The Morgan fingerprint density at radius 3 is 2.50 bits per heavy atom. The largest absolute Gasteiger partial charge is 0.477 e. The first-order valence-electron chi connectivity index (χ1n) is 5.30. The Morgan fingerprint density at radius 1 is 1.50 bits per heavy atom. The van der Waals surface area contributed by atoms with E-state index in [1.807, 2.05) is 6.92 Å². The Bertz CT molecular complexity index is 380. The standard InChI is InChI=1S/C11H18N2O2S/c1-5-7-9(10(14)15)16-8(13-7)6-12-11(2,3)4/h12H,5-6H2,1-4H3,(H,14,15). The second kappa shape index (κ2) is 4.93. The summed E-state index contributed by atoms with van der Waals surface area (Å²) in [6.45, 7) is 8.75. The molecule has 0 aromatic carbocycles. The van der Waals surface area contributed by atoms with E-state index < -0.39 is 5.97 Å². The van der Waals surface area contributed by atoms with Gasteiger partial charge in [0.2, 0.25) is 0 Å². The molecule has 0 amide bonds. The van der Waals surface area contributed by atoms with E-state index in [0.717, 1.165) is 5.01 Å². The number of rotatable bonds is 4. The average molecular weight is 242 g/mol. The third kappa shape index (κ3) is 3.57. The van der Waals surface area contributed by atoms with Crippen LogP contribution in [0.1, 0.15) is 48.1 Å². The lowest BCUT2D eigenvalue weighted by Crippen LogP contribution is -2.35. The normalized spacial score (nSPS) is 11.8. The maximum atomic E-state index is 10.9. The molecule has 0 unspecified atom stereocenters. The number of carboxylic acids is 1. The van der Waals surface area contributed by atoms with Crippen LogP contribution in [0.5, 0.6) is 0 Å². The molecule has 0 aliphatic carbocycles. The van der Waals surface area contributed by atoms with Gasteiger partial charge >= 0.3 is 5.97 Å². The molecule has 0 radical (unpaired) electrons. The first-order chi connectivity index (χ1) is 7.33. The van der Waals surface area contributed by atoms with Crippen molar-refractivity contribution in [3.63, 3.8) is 0 Å². The summed E-state index contributed by atoms with van der Waals surface area (Å²) in [6.07, 6.45) is 0.660. The van der Waals surface area contributed by atoms with E-state index in [9.17, 15) is 4.79 Å². The van der Waals surface area contributed by atoms with Gasteiger partial charge in [-0.05, 0) is 27.2 Å². The summed E-state index contributed by atoms with van der Waals surface area (Å²) in [6, 6.07) is 0. The van der Waals surface area contributed by atoms with Crippen LogP contribution in [0.25, 0.3) is 0 Å². The van der Waals surface area contributed by atoms with Gasteiger partial charge in [-0.15, -0.1) is 11.3 Å². The van der Waals surface area contributed by atoms with Gasteiger partial charge in [0.25, 0.3) is 0 Å². The molecule has 0 bridgehead atoms. The van der Waals surface area contributed by atoms with Crippen LogP contribution in [0.4, 0.5) is 0 Å². The molecule has 0 aliphatic heterocycles. The highest BCUT2D eigenvalue weighted by Gasteiger charge is 2.17. The first kappa shape index (κ1) is 13.1. The lowest BCUT2D eigenvalue weighted by molar-refractivity contribution is 0.0701. The third-order valence-electron chi connectivity index (χ3n) is 2.04. The zero-order valence-electron chi connectivity index (χ0n) is 10.1. The van der Waals surface area contributed by atoms with Crippen molar-refractivity contribution in [3.8, 4) is 0 Å². The van der Waals surface area contributed by atoms with Crippen LogP contribution < -0.4 is 5.32 Å². The van der Waals surface area contributed by atoms with Crippen LogP contribution in [0.15, 0.2) is 0 Å². The van der Waals surface area contributed by atoms with Crippen molar-refractivity contribution in [2.75, 3.05) is 0 Å². The van der Waals surface area contributed by atoms with E-state index in [2.05, 4.69) is 31.1 Å². The fraction of sp³-hybridized carbons (Fsp3) is 0.636. The topological polar surface area (TPSA) is 62.2 Å². The van der Waals surface area contributed by atoms with E-state index in [4.69, 9.17) is 5.11 Å². The van der Waals surface area contributed by atoms with Gasteiger partial charge in [0.05, 0.1) is 5.69 Å². The molecule has 16 heavy (non-hydrogen) atoms. The Hall–Kier alpha value is -0.940. The monoisotopic (exact) mass is 242 g/mol. The number of aromatic nitrogens is 1. The van der Waals surface area contributed by atoms with Crippen LogP contribution in [0, 0.1) is 0 Å². The first-order valence-corrected chi connectivity index (χ1v) is 6.12. The molecule has 1 aromatic rings. The van der Waals surface area contributed by atoms with Crippen molar-refractivity contribution in [3.05, 3.63) is 15.6 Å². The summed E-state index contributed by atoms with van der Waals surface area (Å²) in [5.74, 6) is -0.878. The number of thiazole rings is 1. The highest BCUT2D eigenvalue weighted by atomic mass is 32.1. The number of hydrogen-bond acceptors (Lipinski definition) is 4. The second-order valence-electron chi connectivity index (χ2n) is 4.65. The fourth-order valence-electron chi connectivity index (χ4n) is 1.22. The molecule has 0 aliphatic rings. The second-order valence-corrected chi connectivity index (χ2v) is 5.73. The number of nitrogens with zero attached hydrogens (tertiary/aromatic N) is 1. The average Bonchev–Trinajstić information content (AvgIpc) is 2.56. The Kier molecular flexibility index (Phi) is 4.04. The Morgan fingerprint density at radius 2 is 2.12 bits per heavy atom. The molecular formula is C11H18N2O2S. The van der Waals surface area contributed by atoms with Crippen molar-refractivity contribution in [1.82, 2.24) is 10.3 Å². The summed E-state index contributed by atoms with van der Waals surface area (Å²) in [4.78, 5) is 15.6. The summed E-state index contributed by atoms with van der Waals surface area (Å²) in [5.41, 5.74) is 0.699. The van der Waals surface area contributed by atoms with Crippen molar-refractivity contribution in [2.24, 2.45) is 0 Å². The molecule has 90 valence electrons. The number of hydrogen-bond donors (Lipinski definition) is 2. The van der Waals surface area contributed by atoms with Crippen molar-refractivity contribution in [1.29, 1.82) is 0 Å². The van der Waals surface area contributed by atoms with Crippen LogP contribution in [0.3, 0.4) is 0 Å². The van der Waals surface area contributed by atoms with Crippen molar-refractivity contribution in [2.45, 2.75) is 46.2 Å². The molecule has 2 N–H and O–H groups in total. The van der Waals surface area contributed by atoms with E-state index >= 15 is 0 Å². The molecule has 0 saturated heterocycles. The highest BCUT2D eigenvalue weighted by Crippen LogP contribution is 2.19. The van der Waals surface area contributed by atoms with Gasteiger partial charge in [-0.1, -0.05) is 6.92 Å². The van der Waals surface area contributed by atoms with Crippen LogP contribution in [0.2, 0.25) is 0 Å². The molecular weight excluding hydrogens is 224 g/mol. The minimum Gasteiger partial charge on any atom is -0.477 e. The number of aromatic carboxylic acids is 1. The minimum atomic E-state index is -0.878. The number of carboxylic acid groups (broad SMARTS) is 1. The van der Waals surface area contributed by atoms with Gasteiger partial charge in [0.15, 0.2) is 0 Å².